The first-order valence-corrected chi connectivity index (χ1v) is 7.44. The minimum absolute atomic E-state index is 0.0209. The van der Waals surface area contributed by atoms with Crippen LogP contribution in [-0.4, -0.2) is 42.4 Å². The van der Waals surface area contributed by atoms with E-state index in [1.165, 1.54) is 6.92 Å². The molecule has 0 fully saturated rings. The summed E-state index contributed by atoms with van der Waals surface area (Å²) in [6.07, 6.45) is 0.123. The zero-order valence-electron chi connectivity index (χ0n) is 11.1. The number of aliphatic hydroxyl groups excluding tert-OH is 1. The van der Waals surface area contributed by atoms with Crippen LogP contribution in [0.25, 0.3) is 0 Å². The molecule has 0 bridgehead atoms. The number of benzene rings is 1. The van der Waals surface area contributed by atoms with Crippen LogP contribution in [0.5, 0.6) is 0 Å². The van der Waals surface area contributed by atoms with E-state index >= 15 is 0 Å². The summed E-state index contributed by atoms with van der Waals surface area (Å²) in [4.78, 5) is 8.54. The molecule has 0 aliphatic carbocycles. The van der Waals surface area contributed by atoms with E-state index in [9.17, 15) is 27.3 Å². The number of sulfonamides is 1. The first kappa shape index (κ1) is 17.4. The van der Waals surface area contributed by atoms with Gasteiger partial charge in [0.25, 0.3) is 0 Å². The molecule has 0 spiro atoms. The van der Waals surface area contributed by atoms with E-state index in [-0.39, 0.29) is 32.2 Å². The fraction of sp³-hybridized carbons (Fsp3) is 0.455. The maximum absolute atomic E-state index is 13.7. The van der Waals surface area contributed by atoms with Gasteiger partial charge in [-0.1, -0.05) is 6.92 Å². The largest absolute Gasteiger partial charge is 0.396 e. The lowest BCUT2D eigenvalue weighted by Crippen LogP contribution is -2.33. The highest BCUT2D eigenvalue weighted by Crippen LogP contribution is 2.27. The molecular weight excluding hydrogens is 310 g/mol. The Morgan fingerprint density at radius 1 is 1.33 bits per heavy atom. The Bertz CT molecular complexity index is 636. The smallest absolute Gasteiger partial charge is 0.306 e. The van der Waals surface area contributed by atoms with Crippen molar-refractivity contribution in [3.05, 3.63) is 33.9 Å². The molecule has 0 saturated heterocycles. The summed E-state index contributed by atoms with van der Waals surface area (Å²) < 4.78 is 52.2. The van der Waals surface area contributed by atoms with Crippen LogP contribution in [0, 0.1) is 21.7 Å². The summed E-state index contributed by atoms with van der Waals surface area (Å²) in [5, 5.41) is 19.3. The van der Waals surface area contributed by atoms with E-state index in [1.54, 1.807) is 0 Å². The molecule has 1 N–H and O–H groups in total. The molecule has 0 unspecified atom stereocenters. The molecule has 1 rings (SSSR count). The summed E-state index contributed by atoms with van der Waals surface area (Å²) in [6, 6.07) is 0.534. The third-order valence-corrected chi connectivity index (χ3v) is 4.72. The van der Waals surface area contributed by atoms with Gasteiger partial charge in [-0.15, -0.1) is 0 Å². The van der Waals surface area contributed by atoms with Crippen molar-refractivity contribution < 1.29 is 27.2 Å². The van der Waals surface area contributed by atoms with Crippen LogP contribution >= 0.6 is 0 Å². The zero-order chi connectivity index (χ0) is 16.2. The predicted octanol–water partition coefficient (Wildman–Crippen LogP) is 1.27. The van der Waals surface area contributed by atoms with Crippen LogP contribution in [0.2, 0.25) is 0 Å². The average Bonchev–Trinajstić information content (AvgIpc) is 2.38. The number of halogens is 2. The number of rotatable bonds is 7. The Morgan fingerprint density at radius 3 is 2.43 bits per heavy atom. The van der Waals surface area contributed by atoms with Gasteiger partial charge in [0.15, 0.2) is 0 Å². The third-order valence-electron chi connectivity index (χ3n) is 2.73. The van der Waals surface area contributed by atoms with E-state index in [1.807, 2.05) is 0 Å². The Labute approximate surface area is 120 Å². The van der Waals surface area contributed by atoms with Crippen LogP contribution in [0.3, 0.4) is 0 Å². The van der Waals surface area contributed by atoms with Crippen molar-refractivity contribution in [3.8, 4) is 0 Å². The van der Waals surface area contributed by atoms with Gasteiger partial charge in [0.1, 0.15) is 10.7 Å². The standard InChI is InChI=1S/C11H14F2N2O5S/c1-2-14(4-3-5-16)21(19,20)11-7-10(15(17)18)8(12)6-9(11)13/h6-7,16H,2-5H2,1H3. The lowest BCUT2D eigenvalue weighted by molar-refractivity contribution is -0.387. The molecule has 21 heavy (non-hydrogen) atoms. The second kappa shape index (κ2) is 6.87. The van der Waals surface area contributed by atoms with Crippen molar-refractivity contribution in [2.45, 2.75) is 18.2 Å². The normalized spacial score (nSPS) is 11.9. The Hall–Kier alpha value is -1.65. The van der Waals surface area contributed by atoms with Crippen molar-refractivity contribution in [2.24, 2.45) is 0 Å². The molecule has 0 aliphatic heterocycles. The average molecular weight is 324 g/mol. The summed E-state index contributed by atoms with van der Waals surface area (Å²) >= 11 is 0. The van der Waals surface area contributed by atoms with Gasteiger partial charge in [0.2, 0.25) is 15.8 Å². The molecule has 0 atom stereocenters. The number of aliphatic hydroxyl groups is 1. The van der Waals surface area contributed by atoms with Crippen LogP contribution < -0.4 is 0 Å². The van der Waals surface area contributed by atoms with Gasteiger partial charge >= 0.3 is 5.69 Å². The SMILES string of the molecule is CCN(CCCO)S(=O)(=O)c1cc([N+](=O)[O-])c(F)cc1F. The molecule has 0 amide bonds. The predicted molar refractivity (Wildman–Crippen MR) is 69.1 cm³/mol. The van der Waals surface area contributed by atoms with Crippen LogP contribution in [0.4, 0.5) is 14.5 Å². The molecule has 1 aromatic rings. The number of hydrogen-bond acceptors (Lipinski definition) is 5. The first-order chi connectivity index (χ1) is 9.75. The maximum Gasteiger partial charge on any atom is 0.306 e. The number of hydrogen-bond donors (Lipinski definition) is 1. The second-order valence-corrected chi connectivity index (χ2v) is 5.97. The molecule has 0 heterocycles. The maximum atomic E-state index is 13.7. The molecule has 0 radical (unpaired) electrons. The molecule has 7 nitrogen and oxygen atoms in total. The van der Waals surface area contributed by atoms with Gasteiger partial charge in [-0.05, 0) is 6.42 Å². The van der Waals surface area contributed by atoms with Crippen molar-refractivity contribution in [1.29, 1.82) is 0 Å². The molecule has 118 valence electrons. The topological polar surface area (TPSA) is 101 Å². The molecule has 0 saturated carbocycles. The fourth-order valence-electron chi connectivity index (χ4n) is 1.69. The van der Waals surface area contributed by atoms with E-state index in [0.717, 1.165) is 4.31 Å². The zero-order valence-corrected chi connectivity index (χ0v) is 11.9. The summed E-state index contributed by atoms with van der Waals surface area (Å²) in [5.74, 6) is -2.85. The van der Waals surface area contributed by atoms with Crippen molar-refractivity contribution in [2.75, 3.05) is 19.7 Å². The van der Waals surface area contributed by atoms with Gasteiger partial charge in [-0.2, -0.15) is 8.70 Å². The minimum Gasteiger partial charge on any atom is -0.396 e. The summed E-state index contributed by atoms with van der Waals surface area (Å²) in [6.45, 7) is 1.12. The molecule has 1 aromatic carbocycles. The summed E-state index contributed by atoms with van der Waals surface area (Å²) in [5.41, 5.74) is -1.12. The molecule has 0 aromatic heterocycles. The highest BCUT2D eigenvalue weighted by atomic mass is 32.2. The van der Waals surface area contributed by atoms with Gasteiger partial charge < -0.3 is 5.11 Å². The molecule has 10 heteroatoms. The molecule has 0 aliphatic rings. The van der Waals surface area contributed by atoms with Crippen molar-refractivity contribution in [1.82, 2.24) is 4.31 Å². The minimum atomic E-state index is -4.35. The third kappa shape index (κ3) is 3.71. The first-order valence-electron chi connectivity index (χ1n) is 6.00. The second-order valence-electron chi connectivity index (χ2n) is 4.07. The van der Waals surface area contributed by atoms with E-state index in [4.69, 9.17) is 5.11 Å². The monoisotopic (exact) mass is 324 g/mol. The van der Waals surface area contributed by atoms with Gasteiger partial charge in [-0.25, -0.2) is 12.8 Å². The van der Waals surface area contributed by atoms with Crippen molar-refractivity contribution in [3.63, 3.8) is 0 Å². The lowest BCUT2D eigenvalue weighted by Gasteiger charge is -2.20. The Kier molecular flexibility index (Phi) is 5.70. The fourth-order valence-corrected chi connectivity index (χ4v) is 3.24. The van der Waals surface area contributed by atoms with Crippen LogP contribution in [0.15, 0.2) is 17.0 Å². The number of nitro groups is 1. The Morgan fingerprint density at radius 2 is 1.95 bits per heavy atom. The Balaban J connectivity index is 3.36. The van der Waals surface area contributed by atoms with Gasteiger partial charge in [0.05, 0.1) is 4.92 Å². The number of nitrogens with zero attached hydrogens (tertiary/aromatic N) is 2. The lowest BCUT2D eigenvalue weighted by atomic mass is 10.3. The molecular formula is C11H14F2N2O5S. The number of nitro benzene ring substituents is 1. The van der Waals surface area contributed by atoms with Crippen LogP contribution in [-0.2, 0) is 10.0 Å². The van der Waals surface area contributed by atoms with Gasteiger partial charge in [0, 0.05) is 31.8 Å². The summed E-state index contributed by atoms with van der Waals surface area (Å²) in [7, 11) is -4.35. The highest BCUT2D eigenvalue weighted by molar-refractivity contribution is 7.89. The quantitative estimate of drug-likeness (QED) is 0.601. The van der Waals surface area contributed by atoms with E-state index in [2.05, 4.69) is 0 Å². The van der Waals surface area contributed by atoms with E-state index in [0.29, 0.717) is 6.07 Å². The van der Waals surface area contributed by atoms with Gasteiger partial charge in [-0.3, -0.25) is 10.1 Å². The van der Waals surface area contributed by atoms with E-state index < -0.39 is 37.2 Å². The highest BCUT2D eigenvalue weighted by Gasteiger charge is 2.30. The van der Waals surface area contributed by atoms with Crippen LogP contribution in [0.1, 0.15) is 13.3 Å². The van der Waals surface area contributed by atoms with Crippen molar-refractivity contribution >= 4 is 15.7 Å².